The van der Waals surface area contributed by atoms with Gasteiger partial charge in [0.1, 0.15) is 24.2 Å². The zero-order valence-corrected chi connectivity index (χ0v) is 20.4. The van der Waals surface area contributed by atoms with Crippen molar-refractivity contribution >= 4 is 23.5 Å². The lowest BCUT2D eigenvalue weighted by Crippen LogP contribution is -2.41. The van der Waals surface area contributed by atoms with E-state index in [0.717, 1.165) is 12.8 Å². The van der Waals surface area contributed by atoms with Gasteiger partial charge in [0.25, 0.3) is 0 Å². The smallest absolute Gasteiger partial charge is 0.410 e. The summed E-state index contributed by atoms with van der Waals surface area (Å²) >= 11 is 5.88. The number of likely N-dealkylation sites (tertiary alicyclic amines) is 1. The molecule has 1 atom stereocenters. The van der Waals surface area contributed by atoms with Crippen LogP contribution < -0.4 is 4.74 Å². The second-order valence-electron chi connectivity index (χ2n) is 9.38. The van der Waals surface area contributed by atoms with Gasteiger partial charge in [-0.25, -0.2) is 4.79 Å². The van der Waals surface area contributed by atoms with E-state index >= 15 is 0 Å². The number of aliphatic hydroxyl groups is 1. The van der Waals surface area contributed by atoms with Gasteiger partial charge in [0.05, 0.1) is 6.10 Å². The Bertz CT molecular complexity index is 980. The van der Waals surface area contributed by atoms with Crippen molar-refractivity contribution < 1.29 is 24.3 Å². The summed E-state index contributed by atoms with van der Waals surface area (Å²) in [6.45, 7) is 7.28. The number of benzene rings is 1. The van der Waals surface area contributed by atoms with Crippen molar-refractivity contribution in [1.82, 2.24) is 14.5 Å². The molecular formula is C23H31ClN4O6. The summed E-state index contributed by atoms with van der Waals surface area (Å²) in [4.78, 5) is 27.8. The number of aryl methyl sites for hydroxylation is 1. The minimum absolute atomic E-state index is 0.00679. The molecule has 1 saturated heterocycles. The number of aliphatic hydroxyl groups excluding tert-OH is 1. The minimum Gasteiger partial charge on any atom is -0.491 e. The maximum Gasteiger partial charge on any atom is 0.410 e. The van der Waals surface area contributed by atoms with Gasteiger partial charge in [-0.1, -0.05) is 12.1 Å². The summed E-state index contributed by atoms with van der Waals surface area (Å²) in [7, 11) is 0. The van der Waals surface area contributed by atoms with Crippen LogP contribution in [0.25, 0.3) is 0 Å². The maximum atomic E-state index is 12.2. The first kappa shape index (κ1) is 25.8. The number of carbonyl (C=O) groups is 1. The number of rotatable bonds is 8. The predicted octanol–water partition coefficient (Wildman–Crippen LogP) is 4.39. The third-order valence-corrected chi connectivity index (χ3v) is 5.85. The van der Waals surface area contributed by atoms with Crippen LogP contribution in [0.2, 0.25) is 5.28 Å². The van der Waals surface area contributed by atoms with Gasteiger partial charge in [-0.2, -0.15) is 0 Å². The average Bonchev–Trinajstić information content (AvgIpc) is 3.16. The molecule has 3 rings (SSSR count). The molecular weight excluding hydrogens is 464 g/mol. The highest BCUT2D eigenvalue weighted by atomic mass is 35.5. The minimum atomic E-state index is -0.769. The van der Waals surface area contributed by atoms with Crippen molar-refractivity contribution in [2.24, 2.45) is 0 Å². The van der Waals surface area contributed by atoms with Gasteiger partial charge in [-0.15, -0.1) is 0 Å². The normalized spacial score (nSPS) is 15.7. The number of nitrogens with zero attached hydrogens (tertiary/aromatic N) is 4. The van der Waals surface area contributed by atoms with Crippen molar-refractivity contribution in [2.45, 2.75) is 64.2 Å². The number of hydrogen-bond acceptors (Lipinski definition) is 7. The van der Waals surface area contributed by atoms with Gasteiger partial charge in [0.2, 0.25) is 0 Å². The molecule has 1 N–H and O–H groups in total. The zero-order valence-electron chi connectivity index (χ0n) is 19.6. The molecule has 1 aliphatic heterocycles. The van der Waals surface area contributed by atoms with E-state index in [1.807, 2.05) is 45.0 Å². The van der Waals surface area contributed by atoms with Crippen LogP contribution in [-0.2, 0) is 11.3 Å². The number of halogens is 1. The van der Waals surface area contributed by atoms with E-state index in [2.05, 4.69) is 4.98 Å². The summed E-state index contributed by atoms with van der Waals surface area (Å²) < 4.78 is 12.6. The van der Waals surface area contributed by atoms with E-state index < -0.39 is 16.6 Å². The molecule has 0 saturated carbocycles. The zero-order chi connectivity index (χ0) is 24.9. The van der Waals surface area contributed by atoms with Gasteiger partial charge >= 0.3 is 17.2 Å². The highest BCUT2D eigenvalue weighted by Crippen LogP contribution is 2.30. The second kappa shape index (κ2) is 11.1. The molecule has 11 heteroatoms. The topological polar surface area (TPSA) is 120 Å². The first-order valence-electron chi connectivity index (χ1n) is 11.3. The Kier molecular flexibility index (Phi) is 8.37. The molecule has 2 aromatic rings. The van der Waals surface area contributed by atoms with Crippen LogP contribution in [0, 0.1) is 10.1 Å². The van der Waals surface area contributed by atoms with Gasteiger partial charge in [-0.3, -0.25) is 4.57 Å². The highest BCUT2D eigenvalue weighted by Gasteiger charge is 2.27. The summed E-state index contributed by atoms with van der Waals surface area (Å²) in [5, 5.41) is 21.0. The third kappa shape index (κ3) is 7.33. The number of aromatic nitrogens is 2. The van der Waals surface area contributed by atoms with Crippen LogP contribution >= 0.6 is 11.6 Å². The van der Waals surface area contributed by atoms with Crippen LogP contribution in [0.15, 0.2) is 30.5 Å². The molecule has 0 radical (unpaired) electrons. The first-order chi connectivity index (χ1) is 16.0. The molecule has 0 spiro atoms. The molecule has 0 unspecified atom stereocenters. The van der Waals surface area contributed by atoms with Crippen LogP contribution in [0.5, 0.6) is 5.75 Å². The molecule has 1 aromatic carbocycles. The predicted molar refractivity (Wildman–Crippen MR) is 126 cm³/mol. The number of ether oxygens (including phenoxy) is 2. The van der Waals surface area contributed by atoms with Gasteiger partial charge in [0, 0.05) is 19.6 Å². The quantitative estimate of drug-likeness (QED) is 0.426. The highest BCUT2D eigenvalue weighted by molar-refractivity contribution is 6.28. The lowest BCUT2D eigenvalue weighted by Gasteiger charge is -2.33. The van der Waals surface area contributed by atoms with Crippen LogP contribution in [0.1, 0.15) is 51.5 Å². The number of hydrogen-bond donors (Lipinski definition) is 1. The molecule has 1 aromatic heterocycles. The molecule has 1 aliphatic rings. The molecule has 186 valence electrons. The maximum absolute atomic E-state index is 12.2. The van der Waals surface area contributed by atoms with Crippen molar-refractivity contribution in [1.29, 1.82) is 0 Å². The van der Waals surface area contributed by atoms with E-state index in [9.17, 15) is 20.0 Å². The molecule has 0 aliphatic carbocycles. The van der Waals surface area contributed by atoms with E-state index in [4.69, 9.17) is 21.1 Å². The Morgan fingerprint density at radius 2 is 1.94 bits per heavy atom. The Labute approximate surface area is 203 Å². The van der Waals surface area contributed by atoms with Crippen LogP contribution in [0.4, 0.5) is 10.6 Å². The summed E-state index contributed by atoms with van der Waals surface area (Å²) in [5.41, 5.74) is 0.693. The Morgan fingerprint density at radius 1 is 1.29 bits per heavy atom. The fourth-order valence-corrected chi connectivity index (χ4v) is 3.97. The van der Waals surface area contributed by atoms with E-state index in [1.54, 1.807) is 4.90 Å². The van der Waals surface area contributed by atoms with Crippen molar-refractivity contribution in [2.75, 3.05) is 19.7 Å². The number of carbonyl (C=O) groups excluding carboxylic acids is 1. The summed E-state index contributed by atoms with van der Waals surface area (Å²) in [6, 6.07) is 7.77. The van der Waals surface area contributed by atoms with Crippen LogP contribution in [0.3, 0.4) is 0 Å². The van der Waals surface area contributed by atoms with Gasteiger partial charge in [0.15, 0.2) is 0 Å². The molecule has 2 heterocycles. The number of amides is 1. The van der Waals surface area contributed by atoms with Crippen molar-refractivity contribution in [3.8, 4) is 5.75 Å². The molecule has 0 bridgehead atoms. The standard InChI is InChI=1S/C23H31ClN4O6/c1-23(2,3)34-22(30)26-11-8-17(9-12-26)16-4-6-19(7-5-16)33-15-18(29)10-13-27-14-20(28(31)32)25-21(27)24/h4-7,14,17-18,29H,8-13,15H2,1-3H3/t18-/m0/s1. The molecule has 10 nitrogen and oxygen atoms in total. The number of imidazole rings is 1. The van der Waals surface area contributed by atoms with Crippen molar-refractivity contribution in [3.63, 3.8) is 0 Å². The fraction of sp³-hybridized carbons (Fsp3) is 0.565. The Hall–Kier alpha value is -2.85. The lowest BCUT2D eigenvalue weighted by molar-refractivity contribution is -0.389. The molecule has 34 heavy (non-hydrogen) atoms. The molecule has 1 amide bonds. The summed E-state index contributed by atoms with van der Waals surface area (Å²) in [6.07, 6.45) is 2.25. The fourth-order valence-electron chi connectivity index (χ4n) is 3.75. The third-order valence-electron chi connectivity index (χ3n) is 5.55. The largest absolute Gasteiger partial charge is 0.491 e. The van der Waals surface area contributed by atoms with Gasteiger partial charge in [-0.05, 0) is 85.2 Å². The number of piperidine rings is 1. The first-order valence-corrected chi connectivity index (χ1v) is 11.7. The van der Waals surface area contributed by atoms with E-state index in [-0.39, 0.29) is 30.3 Å². The van der Waals surface area contributed by atoms with Crippen LogP contribution in [-0.4, -0.2) is 62.0 Å². The molecule has 1 fully saturated rings. The van der Waals surface area contributed by atoms with E-state index in [0.29, 0.717) is 31.2 Å². The monoisotopic (exact) mass is 494 g/mol. The Balaban J connectivity index is 1.42. The van der Waals surface area contributed by atoms with Gasteiger partial charge < -0.3 is 29.6 Å². The average molecular weight is 495 g/mol. The van der Waals surface area contributed by atoms with E-state index in [1.165, 1.54) is 16.3 Å². The summed E-state index contributed by atoms with van der Waals surface area (Å²) in [5.74, 6) is 0.680. The lowest BCUT2D eigenvalue weighted by atomic mass is 9.89. The second-order valence-corrected chi connectivity index (χ2v) is 9.72. The number of nitro groups is 1. The SMILES string of the molecule is CC(C)(C)OC(=O)N1CCC(c2ccc(OC[C@@H](O)CCn3cc([N+](=O)[O-])nc3Cl)cc2)CC1. The van der Waals surface area contributed by atoms with Crippen molar-refractivity contribution in [3.05, 3.63) is 51.4 Å². The Morgan fingerprint density at radius 3 is 2.50 bits per heavy atom.